The standard InChI is InChI=1S/C27H30N2O6S/c1-2-15-34-26(32)22(18-36)28-25(31)23-9-6-14-29(23)27(33)35-17-20-10-12-21(13-11-20)24(30)16-19-7-4-3-5-8-19/h2-5,7-8,10-13,22-23,36H,1,6,9,14-18H2,(H,28,31)/t22-,23-/m0/s1. The predicted octanol–water partition coefficient (Wildman–Crippen LogP) is 3.36. The van der Waals surface area contributed by atoms with Crippen LogP contribution in [0.15, 0.2) is 67.3 Å². The molecule has 2 aromatic rings. The van der Waals surface area contributed by atoms with Gasteiger partial charge in [-0.25, -0.2) is 9.59 Å². The number of hydrogen-bond donors (Lipinski definition) is 2. The smallest absolute Gasteiger partial charge is 0.410 e. The van der Waals surface area contributed by atoms with Crippen molar-refractivity contribution in [2.45, 2.75) is 38.0 Å². The Balaban J connectivity index is 1.51. The maximum Gasteiger partial charge on any atom is 0.410 e. The molecule has 1 saturated heterocycles. The molecule has 0 aliphatic carbocycles. The van der Waals surface area contributed by atoms with Gasteiger partial charge < -0.3 is 14.8 Å². The Morgan fingerprint density at radius 1 is 1.06 bits per heavy atom. The van der Waals surface area contributed by atoms with Gasteiger partial charge in [-0.1, -0.05) is 67.3 Å². The SMILES string of the molecule is C=CCOC(=O)[C@H](CS)NC(=O)[C@@H]1CCCN1C(=O)OCc1ccc(C(=O)Cc2ccccc2)cc1. The van der Waals surface area contributed by atoms with Crippen LogP contribution < -0.4 is 5.32 Å². The molecule has 9 heteroatoms. The molecule has 3 rings (SSSR count). The van der Waals surface area contributed by atoms with E-state index in [2.05, 4.69) is 24.5 Å². The third-order valence-electron chi connectivity index (χ3n) is 5.76. The van der Waals surface area contributed by atoms with E-state index in [0.29, 0.717) is 31.4 Å². The lowest BCUT2D eigenvalue weighted by atomic mass is 10.0. The van der Waals surface area contributed by atoms with E-state index >= 15 is 0 Å². The average Bonchev–Trinajstić information content (AvgIpc) is 3.40. The number of ketones is 1. The zero-order chi connectivity index (χ0) is 25.9. The molecule has 2 aromatic carbocycles. The highest BCUT2D eigenvalue weighted by molar-refractivity contribution is 7.80. The number of esters is 1. The minimum absolute atomic E-state index is 0.00329. The van der Waals surface area contributed by atoms with Crippen LogP contribution in [0.5, 0.6) is 0 Å². The van der Waals surface area contributed by atoms with Gasteiger partial charge in [0.25, 0.3) is 0 Å². The first-order valence-corrected chi connectivity index (χ1v) is 12.3. The van der Waals surface area contributed by atoms with Crippen molar-refractivity contribution in [3.63, 3.8) is 0 Å². The quantitative estimate of drug-likeness (QED) is 0.208. The number of Topliss-reactive ketones (excluding diaryl/α,β-unsaturated/α-hetero) is 1. The fraction of sp³-hybridized carbons (Fsp3) is 0.333. The van der Waals surface area contributed by atoms with Crippen molar-refractivity contribution < 1.29 is 28.7 Å². The van der Waals surface area contributed by atoms with Crippen molar-refractivity contribution in [3.05, 3.63) is 83.9 Å². The van der Waals surface area contributed by atoms with Gasteiger partial charge in [0.1, 0.15) is 25.3 Å². The molecule has 0 aromatic heterocycles. The van der Waals surface area contributed by atoms with E-state index < -0.39 is 30.1 Å². The van der Waals surface area contributed by atoms with Crippen LogP contribution in [-0.4, -0.2) is 59.6 Å². The lowest BCUT2D eigenvalue weighted by molar-refractivity contribution is -0.146. The molecule has 0 spiro atoms. The predicted molar refractivity (Wildman–Crippen MR) is 138 cm³/mol. The number of ether oxygens (including phenoxy) is 2. The summed E-state index contributed by atoms with van der Waals surface area (Å²) in [6.45, 7) is 3.89. The summed E-state index contributed by atoms with van der Waals surface area (Å²) in [4.78, 5) is 51.4. The highest BCUT2D eigenvalue weighted by Gasteiger charge is 2.36. The number of thiol groups is 1. The topological polar surface area (TPSA) is 102 Å². The Labute approximate surface area is 216 Å². The second-order valence-corrected chi connectivity index (χ2v) is 8.72. The lowest BCUT2D eigenvalue weighted by Crippen LogP contribution is -2.52. The van der Waals surface area contributed by atoms with E-state index in [1.807, 2.05) is 30.3 Å². The minimum atomic E-state index is -0.928. The highest BCUT2D eigenvalue weighted by Crippen LogP contribution is 2.20. The molecule has 1 fully saturated rings. The summed E-state index contributed by atoms with van der Waals surface area (Å²) in [5.41, 5.74) is 2.24. The molecule has 1 N–H and O–H groups in total. The van der Waals surface area contributed by atoms with Gasteiger partial charge in [-0.05, 0) is 24.0 Å². The monoisotopic (exact) mass is 510 g/mol. The van der Waals surface area contributed by atoms with E-state index in [4.69, 9.17) is 9.47 Å². The number of nitrogens with zero attached hydrogens (tertiary/aromatic N) is 1. The summed E-state index contributed by atoms with van der Waals surface area (Å²) < 4.78 is 10.4. The summed E-state index contributed by atoms with van der Waals surface area (Å²) in [6.07, 6.45) is 2.22. The van der Waals surface area contributed by atoms with Crippen molar-refractivity contribution >= 4 is 36.4 Å². The molecule has 0 saturated carbocycles. The Morgan fingerprint density at radius 2 is 1.78 bits per heavy atom. The third kappa shape index (κ3) is 7.45. The number of carbonyl (C=O) groups excluding carboxylic acids is 4. The van der Waals surface area contributed by atoms with Crippen LogP contribution in [0.3, 0.4) is 0 Å². The van der Waals surface area contributed by atoms with Crippen LogP contribution in [-0.2, 0) is 32.1 Å². The van der Waals surface area contributed by atoms with Crippen LogP contribution in [0.25, 0.3) is 0 Å². The van der Waals surface area contributed by atoms with Gasteiger partial charge in [-0.3, -0.25) is 14.5 Å². The van der Waals surface area contributed by atoms with Crippen LogP contribution in [0.2, 0.25) is 0 Å². The minimum Gasteiger partial charge on any atom is -0.460 e. The molecular weight excluding hydrogens is 480 g/mol. The van der Waals surface area contributed by atoms with Gasteiger partial charge in [-0.15, -0.1) is 0 Å². The van der Waals surface area contributed by atoms with Crippen molar-refractivity contribution in [3.8, 4) is 0 Å². The van der Waals surface area contributed by atoms with Crippen molar-refractivity contribution in [2.24, 2.45) is 0 Å². The zero-order valence-electron chi connectivity index (χ0n) is 19.9. The Bertz CT molecular complexity index is 1070. The van der Waals surface area contributed by atoms with Crippen molar-refractivity contribution in [1.29, 1.82) is 0 Å². The van der Waals surface area contributed by atoms with Crippen molar-refractivity contribution in [1.82, 2.24) is 10.2 Å². The molecule has 2 amide bonds. The first kappa shape index (κ1) is 27.0. The molecule has 1 heterocycles. The molecule has 1 aliphatic rings. The summed E-state index contributed by atoms with van der Waals surface area (Å²) in [6, 6.07) is 14.7. The molecule has 8 nitrogen and oxygen atoms in total. The molecule has 2 atom stereocenters. The number of amides is 2. The summed E-state index contributed by atoms with van der Waals surface area (Å²) in [5.74, 6) is -1.01. The van der Waals surface area contributed by atoms with Gasteiger partial charge in [0.2, 0.25) is 5.91 Å². The first-order valence-electron chi connectivity index (χ1n) is 11.7. The third-order valence-corrected chi connectivity index (χ3v) is 6.13. The fourth-order valence-electron chi connectivity index (χ4n) is 3.84. The van der Waals surface area contributed by atoms with E-state index in [1.165, 1.54) is 11.0 Å². The number of nitrogens with one attached hydrogen (secondary N) is 1. The zero-order valence-corrected chi connectivity index (χ0v) is 20.8. The Morgan fingerprint density at radius 3 is 2.44 bits per heavy atom. The largest absolute Gasteiger partial charge is 0.460 e. The molecule has 190 valence electrons. The summed E-state index contributed by atoms with van der Waals surface area (Å²) >= 11 is 4.11. The van der Waals surface area contributed by atoms with Gasteiger partial charge >= 0.3 is 12.1 Å². The summed E-state index contributed by atoms with van der Waals surface area (Å²) in [7, 11) is 0. The number of rotatable bonds is 11. The Kier molecular flexibility index (Phi) is 10.1. The second-order valence-electron chi connectivity index (χ2n) is 8.35. The van der Waals surface area contributed by atoms with Gasteiger partial charge in [-0.2, -0.15) is 12.6 Å². The molecule has 0 bridgehead atoms. The molecule has 36 heavy (non-hydrogen) atoms. The molecular formula is C27H30N2O6S. The average molecular weight is 511 g/mol. The number of carbonyl (C=O) groups is 4. The highest BCUT2D eigenvalue weighted by atomic mass is 32.1. The van der Waals surface area contributed by atoms with Crippen LogP contribution in [0.4, 0.5) is 4.79 Å². The van der Waals surface area contributed by atoms with E-state index in [1.54, 1.807) is 24.3 Å². The van der Waals surface area contributed by atoms with E-state index in [-0.39, 0.29) is 24.7 Å². The fourth-order valence-corrected chi connectivity index (χ4v) is 4.09. The molecule has 0 radical (unpaired) electrons. The number of hydrogen-bond acceptors (Lipinski definition) is 7. The maximum absolute atomic E-state index is 12.8. The van der Waals surface area contributed by atoms with Crippen LogP contribution >= 0.6 is 12.6 Å². The van der Waals surface area contributed by atoms with Gasteiger partial charge in [0, 0.05) is 24.3 Å². The second kappa shape index (κ2) is 13.5. The summed E-state index contributed by atoms with van der Waals surface area (Å²) in [5, 5.41) is 2.60. The van der Waals surface area contributed by atoms with Crippen LogP contribution in [0.1, 0.15) is 34.3 Å². The molecule has 0 unspecified atom stereocenters. The van der Waals surface area contributed by atoms with Gasteiger partial charge in [0.05, 0.1) is 0 Å². The van der Waals surface area contributed by atoms with Crippen molar-refractivity contribution in [2.75, 3.05) is 18.9 Å². The van der Waals surface area contributed by atoms with Gasteiger partial charge in [0.15, 0.2) is 5.78 Å². The maximum atomic E-state index is 12.8. The van der Waals surface area contributed by atoms with Crippen LogP contribution in [0, 0.1) is 0 Å². The Hall–Kier alpha value is -3.59. The normalized spacial score (nSPS) is 15.6. The lowest BCUT2D eigenvalue weighted by Gasteiger charge is -2.25. The molecule has 1 aliphatic heterocycles. The first-order chi connectivity index (χ1) is 17.4. The number of benzene rings is 2. The number of likely N-dealkylation sites (tertiary alicyclic amines) is 1. The van der Waals surface area contributed by atoms with E-state index in [9.17, 15) is 19.2 Å². The van der Waals surface area contributed by atoms with E-state index in [0.717, 1.165) is 11.1 Å².